The van der Waals surface area contributed by atoms with Gasteiger partial charge in [-0.05, 0) is 68.0 Å². The highest BCUT2D eigenvalue weighted by molar-refractivity contribution is 7.17. The number of thiophene rings is 1. The third kappa shape index (κ3) is 4.56. The summed E-state index contributed by atoms with van der Waals surface area (Å²) in [5.41, 5.74) is 0.934. The number of aliphatic hydroxyl groups excluding tert-OH is 1. The number of benzene rings is 1. The first kappa shape index (κ1) is 15.4. The van der Waals surface area contributed by atoms with Crippen molar-refractivity contribution in [3.05, 3.63) is 35.2 Å². The van der Waals surface area contributed by atoms with Crippen molar-refractivity contribution in [3.63, 3.8) is 0 Å². The van der Waals surface area contributed by atoms with Gasteiger partial charge in [-0.1, -0.05) is 6.07 Å². The van der Waals surface area contributed by atoms with Gasteiger partial charge in [0, 0.05) is 11.3 Å². The standard InChI is InChI=1S/C16H23NO2S/c1-17(2)8-3-4-9-19-12-15(18)13-5-6-16-14(11-13)7-10-20-16/h5-7,10-11,15,18H,3-4,8-9,12H2,1-2H3. The predicted molar refractivity (Wildman–Crippen MR) is 85.4 cm³/mol. The van der Waals surface area contributed by atoms with Crippen LogP contribution < -0.4 is 0 Å². The number of hydrogen-bond acceptors (Lipinski definition) is 4. The van der Waals surface area contributed by atoms with Gasteiger partial charge < -0.3 is 14.7 Å². The van der Waals surface area contributed by atoms with Crippen LogP contribution in [0.3, 0.4) is 0 Å². The third-order valence-electron chi connectivity index (χ3n) is 3.28. The summed E-state index contributed by atoms with van der Waals surface area (Å²) in [7, 11) is 4.15. The van der Waals surface area contributed by atoms with Gasteiger partial charge in [0.2, 0.25) is 0 Å². The fourth-order valence-electron chi connectivity index (χ4n) is 2.12. The molecule has 0 fully saturated rings. The lowest BCUT2D eigenvalue weighted by molar-refractivity contribution is 0.0342. The first-order valence-corrected chi connectivity index (χ1v) is 7.92. The molecule has 3 nitrogen and oxygen atoms in total. The number of ether oxygens (including phenoxy) is 1. The van der Waals surface area contributed by atoms with Gasteiger partial charge in [0.15, 0.2) is 0 Å². The molecule has 1 aromatic carbocycles. The number of unbranched alkanes of at least 4 members (excludes halogenated alkanes) is 1. The van der Waals surface area contributed by atoms with E-state index < -0.39 is 6.10 Å². The molecule has 2 rings (SSSR count). The number of rotatable bonds is 8. The average Bonchev–Trinajstić information content (AvgIpc) is 2.89. The van der Waals surface area contributed by atoms with Crippen molar-refractivity contribution >= 4 is 21.4 Å². The van der Waals surface area contributed by atoms with Gasteiger partial charge in [0.25, 0.3) is 0 Å². The zero-order chi connectivity index (χ0) is 14.4. The minimum absolute atomic E-state index is 0.373. The smallest absolute Gasteiger partial charge is 0.102 e. The molecular weight excluding hydrogens is 270 g/mol. The second kappa shape index (κ2) is 7.74. The van der Waals surface area contributed by atoms with Gasteiger partial charge in [-0.3, -0.25) is 0 Å². The lowest BCUT2D eigenvalue weighted by Crippen LogP contribution is -2.14. The minimum Gasteiger partial charge on any atom is -0.386 e. The molecule has 0 aliphatic carbocycles. The normalized spacial score (nSPS) is 13.2. The Labute approximate surface area is 124 Å². The van der Waals surface area contributed by atoms with Crippen LogP contribution in [0.25, 0.3) is 10.1 Å². The molecule has 20 heavy (non-hydrogen) atoms. The van der Waals surface area contributed by atoms with Crippen LogP contribution in [0.1, 0.15) is 24.5 Å². The first-order valence-electron chi connectivity index (χ1n) is 7.04. The molecule has 1 atom stereocenters. The molecule has 0 aliphatic heterocycles. The molecule has 0 aliphatic rings. The third-order valence-corrected chi connectivity index (χ3v) is 4.18. The maximum absolute atomic E-state index is 10.1. The molecule has 1 unspecified atom stereocenters. The van der Waals surface area contributed by atoms with Crippen LogP contribution in [0.2, 0.25) is 0 Å². The molecule has 0 amide bonds. The van der Waals surface area contributed by atoms with E-state index in [4.69, 9.17) is 4.74 Å². The quantitative estimate of drug-likeness (QED) is 0.758. The topological polar surface area (TPSA) is 32.7 Å². The maximum atomic E-state index is 10.1. The Balaban J connectivity index is 1.72. The van der Waals surface area contributed by atoms with Crippen molar-refractivity contribution in [2.75, 3.05) is 33.9 Å². The molecule has 4 heteroatoms. The molecule has 0 saturated carbocycles. The SMILES string of the molecule is CN(C)CCCCOCC(O)c1ccc2sccc2c1. The molecule has 0 radical (unpaired) electrons. The molecule has 0 bridgehead atoms. The molecule has 0 saturated heterocycles. The molecule has 1 heterocycles. The molecule has 1 aromatic heterocycles. The number of aliphatic hydroxyl groups is 1. The van der Waals surface area contributed by atoms with E-state index in [2.05, 4.69) is 36.5 Å². The minimum atomic E-state index is -0.534. The molecule has 0 spiro atoms. The van der Waals surface area contributed by atoms with E-state index in [1.165, 1.54) is 10.1 Å². The van der Waals surface area contributed by atoms with E-state index in [1.807, 2.05) is 12.1 Å². The van der Waals surface area contributed by atoms with Crippen molar-refractivity contribution in [1.29, 1.82) is 0 Å². The first-order chi connectivity index (χ1) is 9.66. The Morgan fingerprint density at radius 3 is 2.90 bits per heavy atom. The van der Waals surface area contributed by atoms with Gasteiger partial charge in [0.1, 0.15) is 6.10 Å². The lowest BCUT2D eigenvalue weighted by atomic mass is 10.1. The molecule has 2 aromatic rings. The Morgan fingerprint density at radius 2 is 2.10 bits per heavy atom. The van der Waals surface area contributed by atoms with Crippen LogP contribution in [-0.2, 0) is 4.74 Å². The highest BCUT2D eigenvalue weighted by atomic mass is 32.1. The van der Waals surface area contributed by atoms with Crippen molar-refractivity contribution in [2.24, 2.45) is 0 Å². The fraction of sp³-hybridized carbons (Fsp3) is 0.500. The van der Waals surface area contributed by atoms with E-state index in [-0.39, 0.29) is 0 Å². The van der Waals surface area contributed by atoms with Crippen LogP contribution in [0.5, 0.6) is 0 Å². The summed E-state index contributed by atoms with van der Waals surface area (Å²) in [6.45, 7) is 2.17. The molecular formula is C16H23NO2S. The van der Waals surface area contributed by atoms with Crippen LogP contribution in [-0.4, -0.2) is 43.9 Å². The van der Waals surface area contributed by atoms with Crippen LogP contribution >= 0.6 is 11.3 Å². The highest BCUT2D eigenvalue weighted by Crippen LogP contribution is 2.24. The van der Waals surface area contributed by atoms with Crippen LogP contribution in [0, 0.1) is 0 Å². The van der Waals surface area contributed by atoms with E-state index in [9.17, 15) is 5.11 Å². The summed E-state index contributed by atoms with van der Waals surface area (Å²) < 4.78 is 6.81. The van der Waals surface area contributed by atoms with Gasteiger partial charge in [-0.15, -0.1) is 11.3 Å². The van der Waals surface area contributed by atoms with E-state index in [0.717, 1.165) is 24.9 Å². The number of nitrogens with zero attached hydrogens (tertiary/aromatic N) is 1. The summed E-state index contributed by atoms with van der Waals surface area (Å²) >= 11 is 1.72. The fourth-order valence-corrected chi connectivity index (χ4v) is 2.89. The molecule has 1 N–H and O–H groups in total. The zero-order valence-electron chi connectivity index (χ0n) is 12.2. The maximum Gasteiger partial charge on any atom is 0.102 e. The summed E-state index contributed by atoms with van der Waals surface area (Å²) in [5.74, 6) is 0. The Kier molecular flexibility index (Phi) is 5.98. The zero-order valence-corrected chi connectivity index (χ0v) is 13.0. The summed E-state index contributed by atoms with van der Waals surface area (Å²) in [4.78, 5) is 2.17. The van der Waals surface area contributed by atoms with Gasteiger partial charge in [-0.25, -0.2) is 0 Å². The Bertz CT molecular complexity index is 524. The Morgan fingerprint density at radius 1 is 1.25 bits per heavy atom. The number of hydrogen-bond donors (Lipinski definition) is 1. The van der Waals surface area contributed by atoms with Crippen molar-refractivity contribution < 1.29 is 9.84 Å². The second-order valence-corrected chi connectivity index (χ2v) is 6.27. The van der Waals surface area contributed by atoms with Crippen molar-refractivity contribution in [1.82, 2.24) is 4.90 Å². The lowest BCUT2D eigenvalue weighted by Gasteiger charge is -2.13. The van der Waals surface area contributed by atoms with Gasteiger partial charge in [-0.2, -0.15) is 0 Å². The summed E-state index contributed by atoms with van der Waals surface area (Å²) in [5, 5.41) is 13.4. The largest absolute Gasteiger partial charge is 0.386 e. The second-order valence-electron chi connectivity index (χ2n) is 5.32. The highest BCUT2D eigenvalue weighted by Gasteiger charge is 2.08. The van der Waals surface area contributed by atoms with Crippen LogP contribution in [0.4, 0.5) is 0 Å². The van der Waals surface area contributed by atoms with Gasteiger partial charge >= 0.3 is 0 Å². The van der Waals surface area contributed by atoms with E-state index >= 15 is 0 Å². The Hall–Kier alpha value is -0.940. The van der Waals surface area contributed by atoms with E-state index in [1.54, 1.807) is 11.3 Å². The number of fused-ring (bicyclic) bond motifs is 1. The van der Waals surface area contributed by atoms with E-state index in [0.29, 0.717) is 13.2 Å². The average molecular weight is 293 g/mol. The summed E-state index contributed by atoms with van der Waals surface area (Å²) in [6, 6.07) is 8.18. The van der Waals surface area contributed by atoms with Crippen LogP contribution in [0.15, 0.2) is 29.6 Å². The molecule has 110 valence electrons. The van der Waals surface area contributed by atoms with Gasteiger partial charge in [0.05, 0.1) is 6.61 Å². The summed E-state index contributed by atoms with van der Waals surface area (Å²) in [6.07, 6.45) is 1.63. The predicted octanol–water partition coefficient (Wildman–Crippen LogP) is 3.29. The van der Waals surface area contributed by atoms with Crippen molar-refractivity contribution in [2.45, 2.75) is 18.9 Å². The monoisotopic (exact) mass is 293 g/mol. The van der Waals surface area contributed by atoms with Crippen molar-refractivity contribution in [3.8, 4) is 0 Å².